The molecular weight excluding hydrogens is 262 g/mol. The molecule has 0 aromatic heterocycles. The third kappa shape index (κ3) is 3.11. The van der Waals surface area contributed by atoms with E-state index in [1.54, 1.807) is 0 Å². The minimum atomic E-state index is 0.215. The first kappa shape index (κ1) is 14.5. The van der Waals surface area contributed by atoms with E-state index in [0.717, 1.165) is 38.4 Å². The zero-order valence-corrected chi connectivity index (χ0v) is 12.8. The third-order valence-corrected chi connectivity index (χ3v) is 4.89. The van der Waals surface area contributed by atoms with Crippen molar-refractivity contribution in [3.05, 3.63) is 30.3 Å². The van der Waals surface area contributed by atoms with Crippen molar-refractivity contribution in [1.82, 2.24) is 10.2 Å². The van der Waals surface area contributed by atoms with Crippen molar-refractivity contribution in [2.45, 2.75) is 19.8 Å². The number of carbonyl (C=O) groups is 1. The number of para-hydroxylation sites is 1. The van der Waals surface area contributed by atoms with Crippen LogP contribution in [-0.4, -0.2) is 50.1 Å². The number of hydrogen-bond acceptors (Lipinski definition) is 3. The van der Waals surface area contributed by atoms with Gasteiger partial charge in [0, 0.05) is 25.3 Å². The number of likely N-dealkylation sites (tertiary alicyclic amines) is 1. The SMILES string of the molecule is CCN(C(=O)CN1CCC2(CCNC2)C1)c1ccccc1. The molecule has 0 saturated carbocycles. The smallest absolute Gasteiger partial charge is 0.241 e. The second-order valence-corrected chi connectivity index (χ2v) is 6.36. The van der Waals surface area contributed by atoms with Gasteiger partial charge in [-0.05, 0) is 50.4 Å². The van der Waals surface area contributed by atoms with E-state index < -0.39 is 0 Å². The van der Waals surface area contributed by atoms with Crippen LogP contribution in [0.3, 0.4) is 0 Å². The normalized spacial score (nSPS) is 25.6. The van der Waals surface area contributed by atoms with Gasteiger partial charge in [0.25, 0.3) is 0 Å². The quantitative estimate of drug-likeness (QED) is 0.916. The Morgan fingerprint density at radius 3 is 2.81 bits per heavy atom. The van der Waals surface area contributed by atoms with E-state index in [9.17, 15) is 4.79 Å². The number of likely N-dealkylation sites (N-methyl/N-ethyl adjacent to an activating group) is 1. The van der Waals surface area contributed by atoms with Crippen LogP contribution in [0.4, 0.5) is 5.69 Å². The fourth-order valence-electron chi connectivity index (χ4n) is 3.69. The summed E-state index contributed by atoms with van der Waals surface area (Å²) in [6.07, 6.45) is 2.48. The summed E-state index contributed by atoms with van der Waals surface area (Å²) in [7, 11) is 0. The molecule has 114 valence electrons. The molecule has 3 rings (SSSR count). The Labute approximate surface area is 127 Å². The maximum Gasteiger partial charge on any atom is 0.241 e. The Kier molecular flexibility index (Phi) is 4.27. The van der Waals surface area contributed by atoms with E-state index in [-0.39, 0.29) is 5.91 Å². The molecule has 4 heteroatoms. The maximum atomic E-state index is 12.6. The summed E-state index contributed by atoms with van der Waals surface area (Å²) in [5.41, 5.74) is 1.44. The molecule has 2 aliphatic rings. The molecular formula is C17H25N3O. The Balaban J connectivity index is 1.61. The lowest BCUT2D eigenvalue weighted by atomic mass is 9.87. The first-order chi connectivity index (χ1) is 10.2. The number of hydrogen-bond donors (Lipinski definition) is 1. The summed E-state index contributed by atoms with van der Waals surface area (Å²) >= 11 is 0. The van der Waals surface area contributed by atoms with Crippen molar-refractivity contribution >= 4 is 11.6 Å². The van der Waals surface area contributed by atoms with Gasteiger partial charge in [-0.1, -0.05) is 18.2 Å². The molecule has 1 atom stereocenters. The van der Waals surface area contributed by atoms with Crippen LogP contribution in [0.5, 0.6) is 0 Å². The summed E-state index contributed by atoms with van der Waals surface area (Å²) in [5, 5.41) is 3.47. The van der Waals surface area contributed by atoms with Gasteiger partial charge in [0.1, 0.15) is 0 Å². The molecule has 1 amide bonds. The average molecular weight is 287 g/mol. The average Bonchev–Trinajstić information content (AvgIpc) is 3.11. The number of nitrogens with zero attached hydrogens (tertiary/aromatic N) is 2. The predicted molar refractivity (Wildman–Crippen MR) is 85.4 cm³/mol. The molecule has 1 unspecified atom stereocenters. The third-order valence-electron chi connectivity index (χ3n) is 4.89. The van der Waals surface area contributed by atoms with Crippen LogP contribution in [0.25, 0.3) is 0 Å². The van der Waals surface area contributed by atoms with Gasteiger partial charge in [-0.3, -0.25) is 9.69 Å². The number of anilines is 1. The number of rotatable bonds is 4. The van der Waals surface area contributed by atoms with Crippen molar-refractivity contribution in [3.8, 4) is 0 Å². The van der Waals surface area contributed by atoms with E-state index in [4.69, 9.17) is 0 Å². The van der Waals surface area contributed by atoms with Gasteiger partial charge in [-0.2, -0.15) is 0 Å². The van der Waals surface area contributed by atoms with Gasteiger partial charge in [-0.15, -0.1) is 0 Å². The number of carbonyl (C=O) groups excluding carboxylic acids is 1. The number of amides is 1. The van der Waals surface area contributed by atoms with E-state index >= 15 is 0 Å². The zero-order valence-electron chi connectivity index (χ0n) is 12.8. The molecule has 0 bridgehead atoms. The van der Waals surface area contributed by atoms with E-state index in [1.165, 1.54) is 12.8 Å². The van der Waals surface area contributed by atoms with Crippen LogP contribution in [0.15, 0.2) is 30.3 Å². The highest BCUT2D eigenvalue weighted by Crippen LogP contribution is 2.35. The predicted octanol–water partition coefficient (Wildman–Crippen LogP) is 1.72. The lowest BCUT2D eigenvalue weighted by Gasteiger charge is -2.26. The highest BCUT2D eigenvalue weighted by molar-refractivity contribution is 5.94. The second-order valence-electron chi connectivity index (χ2n) is 6.36. The summed E-state index contributed by atoms with van der Waals surface area (Å²) in [6, 6.07) is 9.97. The van der Waals surface area contributed by atoms with Gasteiger partial charge in [0.05, 0.1) is 6.54 Å². The molecule has 2 heterocycles. The van der Waals surface area contributed by atoms with Gasteiger partial charge in [0.2, 0.25) is 5.91 Å². The molecule has 1 spiro atoms. The highest BCUT2D eigenvalue weighted by Gasteiger charge is 2.40. The molecule has 2 fully saturated rings. The monoisotopic (exact) mass is 287 g/mol. The second kappa shape index (κ2) is 6.16. The summed E-state index contributed by atoms with van der Waals surface area (Å²) in [6.45, 7) is 7.68. The van der Waals surface area contributed by atoms with E-state index in [2.05, 4.69) is 10.2 Å². The molecule has 21 heavy (non-hydrogen) atoms. The molecule has 1 N–H and O–H groups in total. The fourth-order valence-corrected chi connectivity index (χ4v) is 3.69. The topological polar surface area (TPSA) is 35.6 Å². The van der Waals surface area contributed by atoms with Crippen LogP contribution in [0.2, 0.25) is 0 Å². The molecule has 2 saturated heterocycles. The summed E-state index contributed by atoms with van der Waals surface area (Å²) in [5.74, 6) is 0.215. The van der Waals surface area contributed by atoms with Crippen molar-refractivity contribution in [2.24, 2.45) is 5.41 Å². The first-order valence-electron chi connectivity index (χ1n) is 8.01. The lowest BCUT2D eigenvalue weighted by Crippen LogP contribution is -2.40. The lowest BCUT2D eigenvalue weighted by molar-refractivity contribution is -0.119. The van der Waals surface area contributed by atoms with Crippen LogP contribution in [0.1, 0.15) is 19.8 Å². The van der Waals surface area contributed by atoms with Gasteiger partial charge < -0.3 is 10.2 Å². The molecule has 4 nitrogen and oxygen atoms in total. The van der Waals surface area contributed by atoms with Crippen LogP contribution >= 0.6 is 0 Å². The fraction of sp³-hybridized carbons (Fsp3) is 0.588. The largest absolute Gasteiger partial charge is 0.316 e. The molecule has 2 aliphatic heterocycles. The van der Waals surface area contributed by atoms with Crippen LogP contribution < -0.4 is 10.2 Å². The summed E-state index contributed by atoms with van der Waals surface area (Å²) in [4.78, 5) is 16.8. The maximum absolute atomic E-state index is 12.6. The Morgan fingerprint density at radius 2 is 2.14 bits per heavy atom. The Hall–Kier alpha value is -1.39. The molecule has 1 aromatic rings. The highest BCUT2D eigenvalue weighted by atomic mass is 16.2. The van der Waals surface area contributed by atoms with Crippen molar-refractivity contribution in [3.63, 3.8) is 0 Å². The zero-order chi connectivity index (χ0) is 14.7. The van der Waals surface area contributed by atoms with E-state index in [0.29, 0.717) is 12.0 Å². The van der Waals surface area contributed by atoms with E-state index in [1.807, 2.05) is 42.2 Å². The molecule has 0 radical (unpaired) electrons. The number of benzene rings is 1. The van der Waals surface area contributed by atoms with Gasteiger partial charge in [0.15, 0.2) is 0 Å². The minimum Gasteiger partial charge on any atom is -0.316 e. The van der Waals surface area contributed by atoms with Crippen molar-refractivity contribution in [2.75, 3.05) is 44.2 Å². The standard InChI is InChI=1S/C17H25N3O/c1-2-20(15-6-4-3-5-7-15)16(21)12-19-11-9-17(14-19)8-10-18-13-17/h3-7,18H,2,8-14H2,1H3. The van der Waals surface area contributed by atoms with Crippen LogP contribution in [0, 0.1) is 5.41 Å². The Morgan fingerprint density at radius 1 is 1.33 bits per heavy atom. The summed E-state index contributed by atoms with van der Waals surface area (Å²) < 4.78 is 0. The van der Waals surface area contributed by atoms with Gasteiger partial charge >= 0.3 is 0 Å². The Bertz CT molecular complexity index is 482. The first-order valence-corrected chi connectivity index (χ1v) is 8.01. The van der Waals surface area contributed by atoms with Gasteiger partial charge in [-0.25, -0.2) is 0 Å². The minimum absolute atomic E-state index is 0.215. The molecule has 0 aliphatic carbocycles. The molecule has 1 aromatic carbocycles. The van der Waals surface area contributed by atoms with Crippen LogP contribution in [-0.2, 0) is 4.79 Å². The van der Waals surface area contributed by atoms with Crippen molar-refractivity contribution in [1.29, 1.82) is 0 Å². The number of nitrogens with one attached hydrogen (secondary N) is 1. The van der Waals surface area contributed by atoms with Crippen molar-refractivity contribution < 1.29 is 4.79 Å².